The van der Waals surface area contributed by atoms with Gasteiger partial charge in [-0.2, -0.15) is 0 Å². The summed E-state index contributed by atoms with van der Waals surface area (Å²) in [7, 11) is 0. The van der Waals surface area contributed by atoms with Crippen LogP contribution in [0.4, 0.5) is 0 Å². The van der Waals surface area contributed by atoms with Crippen molar-refractivity contribution in [3.8, 4) is 0 Å². The predicted octanol–water partition coefficient (Wildman–Crippen LogP) is 2.10. The monoisotopic (exact) mass is 204 g/mol. The van der Waals surface area contributed by atoms with Gasteiger partial charge in [-0.05, 0) is 31.4 Å². The van der Waals surface area contributed by atoms with Crippen LogP contribution in [-0.2, 0) is 0 Å². The van der Waals surface area contributed by atoms with Gasteiger partial charge in [0.15, 0.2) is 0 Å². The zero-order chi connectivity index (χ0) is 10.7. The maximum Gasteiger partial charge on any atom is 0.255 e. The lowest BCUT2D eigenvalue weighted by Gasteiger charge is -2.23. The number of nitrogens with zero attached hydrogens (tertiary/aromatic N) is 2. The van der Waals surface area contributed by atoms with Crippen LogP contribution in [0.15, 0.2) is 24.5 Å². The Hall–Kier alpha value is -1.38. The average Bonchev–Trinajstić information content (AvgIpc) is 2.77. The van der Waals surface area contributed by atoms with E-state index in [4.69, 9.17) is 0 Å². The fourth-order valence-electron chi connectivity index (χ4n) is 2.18. The van der Waals surface area contributed by atoms with Crippen LogP contribution in [0.1, 0.15) is 36.5 Å². The minimum absolute atomic E-state index is 0.132. The molecule has 3 nitrogen and oxygen atoms in total. The average molecular weight is 204 g/mol. The normalized spacial score (nSPS) is 20.6. The maximum atomic E-state index is 12.1. The molecule has 1 atom stereocenters. The second-order valence-electron chi connectivity index (χ2n) is 3.94. The zero-order valence-corrected chi connectivity index (χ0v) is 9.02. The summed E-state index contributed by atoms with van der Waals surface area (Å²) in [5.74, 6) is 0.132. The molecule has 2 heterocycles. The summed E-state index contributed by atoms with van der Waals surface area (Å²) < 4.78 is 0. The van der Waals surface area contributed by atoms with Crippen molar-refractivity contribution in [3.63, 3.8) is 0 Å². The van der Waals surface area contributed by atoms with Gasteiger partial charge in [0.05, 0.1) is 5.56 Å². The lowest BCUT2D eigenvalue weighted by atomic mass is 10.1. The molecular weight excluding hydrogens is 188 g/mol. The topological polar surface area (TPSA) is 33.2 Å². The molecule has 0 spiro atoms. The molecule has 0 radical (unpaired) electrons. The van der Waals surface area contributed by atoms with Crippen molar-refractivity contribution >= 4 is 5.91 Å². The van der Waals surface area contributed by atoms with Gasteiger partial charge in [-0.15, -0.1) is 0 Å². The summed E-state index contributed by atoms with van der Waals surface area (Å²) in [6.07, 6.45) is 6.66. The first-order valence-electron chi connectivity index (χ1n) is 5.54. The number of aromatic nitrogens is 1. The zero-order valence-electron chi connectivity index (χ0n) is 9.02. The molecule has 0 aliphatic carbocycles. The van der Waals surface area contributed by atoms with Crippen molar-refractivity contribution < 1.29 is 4.79 Å². The van der Waals surface area contributed by atoms with E-state index in [1.54, 1.807) is 12.4 Å². The van der Waals surface area contributed by atoms with Crippen molar-refractivity contribution in [3.05, 3.63) is 30.1 Å². The minimum atomic E-state index is 0.132. The Bertz CT molecular complexity index is 337. The first-order chi connectivity index (χ1) is 7.33. The van der Waals surface area contributed by atoms with Crippen molar-refractivity contribution in [2.45, 2.75) is 32.2 Å². The van der Waals surface area contributed by atoms with Crippen molar-refractivity contribution in [1.29, 1.82) is 0 Å². The molecule has 0 saturated carbocycles. The number of amides is 1. The van der Waals surface area contributed by atoms with E-state index in [1.807, 2.05) is 17.0 Å². The van der Waals surface area contributed by atoms with Gasteiger partial charge in [0.25, 0.3) is 5.91 Å². The predicted molar refractivity (Wildman–Crippen MR) is 58.6 cm³/mol. The molecular formula is C12H16N2O. The lowest BCUT2D eigenvalue weighted by molar-refractivity contribution is 0.0733. The van der Waals surface area contributed by atoms with Crippen LogP contribution in [0, 0.1) is 0 Å². The standard InChI is InChI=1S/C12H16N2O/c1-2-11-6-4-8-14(11)12(15)10-5-3-7-13-9-10/h3,5,7,9,11H,2,4,6,8H2,1H3. The fraction of sp³-hybridized carbons (Fsp3) is 0.500. The molecule has 15 heavy (non-hydrogen) atoms. The lowest BCUT2D eigenvalue weighted by Crippen LogP contribution is -2.35. The molecule has 2 rings (SSSR count). The summed E-state index contributed by atoms with van der Waals surface area (Å²) in [6.45, 7) is 3.03. The molecule has 1 aromatic rings. The van der Waals surface area contributed by atoms with Crippen LogP contribution in [0.25, 0.3) is 0 Å². The van der Waals surface area contributed by atoms with E-state index >= 15 is 0 Å². The largest absolute Gasteiger partial charge is 0.336 e. The molecule has 1 amide bonds. The van der Waals surface area contributed by atoms with Crippen molar-refractivity contribution in [2.75, 3.05) is 6.54 Å². The van der Waals surface area contributed by atoms with Gasteiger partial charge in [-0.3, -0.25) is 9.78 Å². The molecule has 1 aromatic heterocycles. The van der Waals surface area contributed by atoms with Crippen LogP contribution >= 0.6 is 0 Å². The van der Waals surface area contributed by atoms with Crippen LogP contribution in [0.3, 0.4) is 0 Å². The van der Waals surface area contributed by atoms with Gasteiger partial charge in [0.2, 0.25) is 0 Å². The van der Waals surface area contributed by atoms with Gasteiger partial charge in [-0.1, -0.05) is 6.92 Å². The van der Waals surface area contributed by atoms with Crippen LogP contribution in [0.2, 0.25) is 0 Å². The molecule has 1 aliphatic rings. The SMILES string of the molecule is CCC1CCCN1C(=O)c1cccnc1. The van der Waals surface area contributed by atoms with E-state index in [0.717, 1.165) is 25.8 Å². The maximum absolute atomic E-state index is 12.1. The van der Waals surface area contributed by atoms with Gasteiger partial charge < -0.3 is 4.90 Å². The Morgan fingerprint density at radius 3 is 3.20 bits per heavy atom. The molecule has 0 bridgehead atoms. The molecule has 1 unspecified atom stereocenters. The number of carbonyl (C=O) groups is 1. The van der Waals surface area contributed by atoms with E-state index in [2.05, 4.69) is 11.9 Å². The molecule has 1 fully saturated rings. The Labute approximate surface area is 90.1 Å². The fourth-order valence-corrected chi connectivity index (χ4v) is 2.18. The van der Waals surface area contributed by atoms with E-state index in [0.29, 0.717) is 11.6 Å². The molecule has 0 N–H and O–H groups in total. The van der Waals surface area contributed by atoms with E-state index < -0.39 is 0 Å². The molecule has 80 valence electrons. The first kappa shape index (κ1) is 10.1. The Balaban J connectivity index is 2.14. The summed E-state index contributed by atoms with van der Waals surface area (Å²) in [5, 5.41) is 0. The number of likely N-dealkylation sites (tertiary alicyclic amines) is 1. The summed E-state index contributed by atoms with van der Waals surface area (Å²) in [5.41, 5.74) is 0.706. The number of hydrogen-bond donors (Lipinski definition) is 0. The smallest absolute Gasteiger partial charge is 0.255 e. The number of rotatable bonds is 2. The third kappa shape index (κ3) is 2.01. The molecule has 3 heteroatoms. The Morgan fingerprint density at radius 1 is 1.67 bits per heavy atom. The summed E-state index contributed by atoms with van der Waals surface area (Å²) in [6, 6.07) is 4.07. The highest BCUT2D eigenvalue weighted by molar-refractivity contribution is 5.94. The summed E-state index contributed by atoms with van der Waals surface area (Å²) >= 11 is 0. The van der Waals surface area contributed by atoms with Crippen LogP contribution in [-0.4, -0.2) is 28.4 Å². The van der Waals surface area contributed by atoms with Crippen molar-refractivity contribution in [2.24, 2.45) is 0 Å². The number of hydrogen-bond acceptors (Lipinski definition) is 2. The Kier molecular flexibility index (Phi) is 2.99. The first-order valence-corrected chi connectivity index (χ1v) is 5.54. The van der Waals surface area contributed by atoms with Crippen LogP contribution < -0.4 is 0 Å². The molecule has 0 aromatic carbocycles. The third-order valence-corrected chi connectivity index (χ3v) is 3.02. The number of carbonyl (C=O) groups excluding carboxylic acids is 1. The highest BCUT2D eigenvalue weighted by Crippen LogP contribution is 2.21. The summed E-state index contributed by atoms with van der Waals surface area (Å²) in [4.78, 5) is 18.1. The second kappa shape index (κ2) is 4.43. The van der Waals surface area contributed by atoms with Gasteiger partial charge in [0.1, 0.15) is 0 Å². The second-order valence-corrected chi connectivity index (χ2v) is 3.94. The number of pyridine rings is 1. The van der Waals surface area contributed by atoms with E-state index in [1.165, 1.54) is 0 Å². The third-order valence-electron chi connectivity index (χ3n) is 3.02. The minimum Gasteiger partial charge on any atom is -0.336 e. The van der Waals surface area contributed by atoms with Gasteiger partial charge in [-0.25, -0.2) is 0 Å². The van der Waals surface area contributed by atoms with Crippen LogP contribution in [0.5, 0.6) is 0 Å². The van der Waals surface area contributed by atoms with Gasteiger partial charge in [0, 0.05) is 25.0 Å². The highest BCUT2D eigenvalue weighted by atomic mass is 16.2. The Morgan fingerprint density at radius 2 is 2.53 bits per heavy atom. The quantitative estimate of drug-likeness (QED) is 0.739. The van der Waals surface area contributed by atoms with Crippen molar-refractivity contribution in [1.82, 2.24) is 9.88 Å². The van der Waals surface area contributed by atoms with Gasteiger partial charge >= 0.3 is 0 Å². The van der Waals surface area contributed by atoms with E-state index in [9.17, 15) is 4.79 Å². The van der Waals surface area contributed by atoms with E-state index in [-0.39, 0.29) is 5.91 Å². The molecule has 1 saturated heterocycles. The molecule has 1 aliphatic heterocycles. The highest BCUT2D eigenvalue weighted by Gasteiger charge is 2.27.